The van der Waals surface area contributed by atoms with Crippen molar-refractivity contribution in [1.29, 1.82) is 0 Å². The molecule has 4 nitrogen and oxygen atoms in total. The smallest absolute Gasteiger partial charge is 0.317 e. The van der Waals surface area contributed by atoms with Crippen LogP contribution in [0.25, 0.3) is 0 Å². The third kappa shape index (κ3) is 9.20. The minimum absolute atomic E-state index is 0.305. The van der Waals surface area contributed by atoms with E-state index in [9.17, 15) is 9.59 Å². The van der Waals surface area contributed by atoms with Gasteiger partial charge in [-0.25, -0.2) is 0 Å². The molecule has 1 N–H and O–H groups in total. The molecule has 0 unspecified atom stereocenters. The summed E-state index contributed by atoms with van der Waals surface area (Å²) in [7, 11) is 0. The van der Waals surface area contributed by atoms with Crippen molar-refractivity contribution in [3.63, 3.8) is 0 Å². The Bertz CT molecular complexity index is 170. The van der Waals surface area contributed by atoms with Crippen molar-refractivity contribution in [3.05, 3.63) is 0 Å². The van der Waals surface area contributed by atoms with E-state index in [-0.39, 0.29) is 0 Å². The highest BCUT2D eigenvalue weighted by Gasteiger charge is 2.07. The maximum Gasteiger partial charge on any atom is 0.317 e. The fourth-order valence-corrected chi connectivity index (χ4v) is 0.975. The van der Waals surface area contributed by atoms with Gasteiger partial charge in [-0.3, -0.25) is 9.59 Å². The van der Waals surface area contributed by atoms with Gasteiger partial charge in [0.05, 0.1) is 6.61 Å². The first-order chi connectivity index (χ1) is 6.16. The summed E-state index contributed by atoms with van der Waals surface area (Å²) >= 11 is 4.02. The van der Waals surface area contributed by atoms with Crippen LogP contribution in [-0.2, 0) is 14.3 Å². The first-order valence-electron chi connectivity index (χ1n) is 4.15. The molecule has 0 radical (unpaired) electrons. The third-order valence-corrected chi connectivity index (χ3v) is 1.68. The molecule has 0 aromatic carbocycles. The Morgan fingerprint density at radius 1 is 1.23 bits per heavy atom. The summed E-state index contributed by atoms with van der Waals surface area (Å²) in [5.41, 5.74) is 0. The van der Waals surface area contributed by atoms with Crippen LogP contribution in [0.1, 0.15) is 25.7 Å². The van der Waals surface area contributed by atoms with E-state index in [4.69, 9.17) is 5.11 Å². The van der Waals surface area contributed by atoms with E-state index in [1.54, 1.807) is 0 Å². The predicted octanol–water partition coefficient (Wildman–Crippen LogP) is 1.10. The van der Waals surface area contributed by atoms with Gasteiger partial charge in [-0.1, -0.05) is 0 Å². The van der Waals surface area contributed by atoms with Gasteiger partial charge in [-0.05, 0) is 25.0 Å². The lowest BCUT2D eigenvalue weighted by atomic mass is 10.3. The normalized spacial score (nSPS) is 9.62. The number of carboxylic acid groups (broad SMARTS) is 1. The fourth-order valence-electron chi connectivity index (χ4n) is 0.751. The molecule has 0 heterocycles. The van der Waals surface area contributed by atoms with Crippen molar-refractivity contribution in [1.82, 2.24) is 0 Å². The number of unbranched alkanes of at least 4 members (excludes halogenated alkanes) is 2. The van der Waals surface area contributed by atoms with Gasteiger partial charge >= 0.3 is 11.9 Å². The van der Waals surface area contributed by atoms with Crippen LogP contribution in [0.5, 0.6) is 0 Å². The summed E-state index contributed by atoms with van der Waals surface area (Å²) in [5, 5.41) is 8.21. The Balaban J connectivity index is 3.22. The van der Waals surface area contributed by atoms with Crippen molar-refractivity contribution in [2.75, 3.05) is 12.4 Å². The minimum atomic E-state index is -1.15. The minimum Gasteiger partial charge on any atom is -0.481 e. The van der Waals surface area contributed by atoms with Crippen LogP contribution in [0.15, 0.2) is 0 Å². The van der Waals surface area contributed by atoms with Crippen LogP contribution in [0.4, 0.5) is 0 Å². The number of carbonyl (C=O) groups excluding carboxylic acids is 1. The first-order valence-corrected chi connectivity index (χ1v) is 4.78. The highest BCUT2D eigenvalue weighted by molar-refractivity contribution is 7.80. The molecule has 13 heavy (non-hydrogen) atoms. The Hall–Kier alpha value is -0.710. The average Bonchev–Trinajstić information content (AvgIpc) is 2.02. The summed E-state index contributed by atoms with van der Waals surface area (Å²) in [6.07, 6.45) is 2.15. The second-order valence-electron chi connectivity index (χ2n) is 2.58. The number of rotatable bonds is 7. The molecule has 0 saturated carbocycles. The second-order valence-corrected chi connectivity index (χ2v) is 3.02. The van der Waals surface area contributed by atoms with E-state index >= 15 is 0 Å². The van der Waals surface area contributed by atoms with Gasteiger partial charge < -0.3 is 9.84 Å². The number of esters is 1. The number of hydrogen-bond donors (Lipinski definition) is 2. The maximum absolute atomic E-state index is 10.7. The molecule has 0 spiro atoms. The number of thiol groups is 1. The topological polar surface area (TPSA) is 63.6 Å². The summed E-state index contributed by atoms with van der Waals surface area (Å²) < 4.78 is 4.65. The zero-order valence-electron chi connectivity index (χ0n) is 7.36. The molecule has 5 heteroatoms. The number of carboxylic acids is 1. The molecule has 76 valence electrons. The number of aliphatic carboxylic acids is 1. The summed E-state index contributed by atoms with van der Waals surface area (Å²) in [5.74, 6) is -0.998. The van der Waals surface area contributed by atoms with Crippen molar-refractivity contribution in [2.24, 2.45) is 0 Å². The van der Waals surface area contributed by atoms with E-state index in [0.29, 0.717) is 6.61 Å². The lowest BCUT2D eigenvalue weighted by Gasteiger charge is -2.01. The molecule has 0 fully saturated rings. The monoisotopic (exact) mass is 206 g/mol. The van der Waals surface area contributed by atoms with Crippen molar-refractivity contribution in [2.45, 2.75) is 25.7 Å². The van der Waals surface area contributed by atoms with Crippen LogP contribution in [0.3, 0.4) is 0 Å². The average molecular weight is 206 g/mol. The molecule has 0 aliphatic heterocycles. The van der Waals surface area contributed by atoms with Crippen LogP contribution in [0, 0.1) is 0 Å². The van der Waals surface area contributed by atoms with Gasteiger partial charge in [0.1, 0.15) is 6.42 Å². The number of hydrogen-bond acceptors (Lipinski definition) is 4. The van der Waals surface area contributed by atoms with Crippen molar-refractivity contribution >= 4 is 24.6 Å². The quantitative estimate of drug-likeness (QED) is 0.283. The maximum atomic E-state index is 10.7. The predicted molar refractivity (Wildman–Crippen MR) is 50.9 cm³/mol. The lowest BCUT2D eigenvalue weighted by molar-refractivity contribution is -0.151. The first kappa shape index (κ1) is 12.3. The largest absolute Gasteiger partial charge is 0.481 e. The number of carbonyl (C=O) groups is 2. The zero-order valence-corrected chi connectivity index (χ0v) is 8.26. The van der Waals surface area contributed by atoms with E-state index in [0.717, 1.165) is 25.0 Å². The molecule has 0 aliphatic rings. The van der Waals surface area contributed by atoms with Crippen LogP contribution >= 0.6 is 12.6 Å². The molecule has 0 bridgehead atoms. The molecular formula is C8H14O4S. The highest BCUT2D eigenvalue weighted by atomic mass is 32.1. The summed E-state index contributed by atoms with van der Waals surface area (Å²) in [4.78, 5) is 20.7. The fraction of sp³-hybridized carbons (Fsp3) is 0.750. The van der Waals surface area contributed by atoms with Gasteiger partial charge in [-0.15, -0.1) is 0 Å². The molecule has 0 aromatic heterocycles. The van der Waals surface area contributed by atoms with E-state index in [1.807, 2.05) is 0 Å². The van der Waals surface area contributed by atoms with E-state index < -0.39 is 18.4 Å². The van der Waals surface area contributed by atoms with Crippen molar-refractivity contribution < 1.29 is 19.4 Å². The Labute approximate surface area is 82.7 Å². The Morgan fingerprint density at radius 3 is 2.46 bits per heavy atom. The molecule has 0 rings (SSSR count). The third-order valence-electron chi connectivity index (χ3n) is 1.36. The van der Waals surface area contributed by atoms with Crippen LogP contribution in [-0.4, -0.2) is 29.4 Å². The number of ether oxygens (including phenoxy) is 1. The SMILES string of the molecule is O=C(O)CC(=O)OCCCCCS. The van der Waals surface area contributed by atoms with Gasteiger partial charge in [0.2, 0.25) is 0 Å². The molecule has 0 amide bonds. The summed E-state index contributed by atoms with van der Waals surface area (Å²) in [6, 6.07) is 0. The van der Waals surface area contributed by atoms with Gasteiger partial charge in [0, 0.05) is 0 Å². The zero-order chi connectivity index (χ0) is 10.1. The molecule has 0 atom stereocenters. The van der Waals surface area contributed by atoms with Crippen molar-refractivity contribution in [3.8, 4) is 0 Å². The molecule has 0 aliphatic carbocycles. The van der Waals surface area contributed by atoms with E-state index in [1.165, 1.54) is 0 Å². The van der Waals surface area contributed by atoms with Gasteiger partial charge in [-0.2, -0.15) is 12.6 Å². The van der Waals surface area contributed by atoms with Gasteiger partial charge in [0.15, 0.2) is 0 Å². The standard InChI is InChI=1S/C8H14O4S/c9-7(10)6-8(11)12-4-2-1-3-5-13/h13H,1-6H2,(H,9,10). The lowest BCUT2D eigenvalue weighted by Crippen LogP contribution is -2.11. The Morgan fingerprint density at radius 2 is 1.92 bits per heavy atom. The molecule has 0 saturated heterocycles. The molecular weight excluding hydrogens is 192 g/mol. The van der Waals surface area contributed by atoms with Crippen LogP contribution < -0.4 is 0 Å². The van der Waals surface area contributed by atoms with Gasteiger partial charge in [0.25, 0.3) is 0 Å². The van der Waals surface area contributed by atoms with E-state index in [2.05, 4.69) is 17.4 Å². The highest BCUT2D eigenvalue weighted by Crippen LogP contribution is 1.98. The molecule has 0 aromatic rings. The second kappa shape index (κ2) is 7.91. The Kier molecular flexibility index (Phi) is 7.48. The van der Waals surface area contributed by atoms with Crippen LogP contribution in [0.2, 0.25) is 0 Å². The summed E-state index contributed by atoms with van der Waals surface area (Å²) in [6.45, 7) is 0.305.